The van der Waals surface area contributed by atoms with E-state index in [-0.39, 0.29) is 62.9 Å². The van der Waals surface area contributed by atoms with Gasteiger partial charge in [0.15, 0.2) is 0 Å². The highest BCUT2D eigenvalue weighted by atomic mass is 16.5. The molecule has 0 aromatic rings. The lowest BCUT2D eigenvalue weighted by atomic mass is 9.32. The lowest BCUT2D eigenvalue weighted by Gasteiger charge is -2.72. The number of amides is 2. The minimum Gasteiger partial charge on any atom is -0.481 e. The highest BCUT2D eigenvalue weighted by Gasteiger charge is 2.71. The second kappa shape index (κ2) is 12.4. The molecule has 0 aromatic carbocycles. The van der Waals surface area contributed by atoms with Gasteiger partial charge in [-0.25, -0.2) is 0 Å². The van der Waals surface area contributed by atoms with Gasteiger partial charge in [-0.3, -0.25) is 19.2 Å². The van der Waals surface area contributed by atoms with Gasteiger partial charge in [0.2, 0.25) is 11.8 Å². The SMILES string of the molecule is CC(C)(CC(=O)O[C@H]1CC[C@@]2(C)C(CC[C@]3(C)C2CCC2C4CCC[C@]4(C(=O)NC4C[C@H](C(=O)N5CCCC5)C4(C)C)CC[C@]23C)C1(C)C)C(=O)O. The summed E-state index contributed by atoms with van der Waals surface area (Å²) >= 11 is 0. The van der Waals surface area contributed by atoms with Crippen molar-refractivity contribution >= 4 is 23.8 Å². The van der Waals surface area contributed by atoms with Gasteiger partial charge in [0, 0.05) is 30.5 Å². The molecular formula is C44H70N2O6. The maximum absolute atomic E-state index is 14.6. The Labute approximate surface area is 313 Å². The van der Waals surface area contributed by atoms with E-state index in [0.29, 0.717) is 29.6 Å². The standard InChI is InChI=1S/C44H70N2O6/c1-38(2,37(50)51)26-34(47)52-33-17-19-41(7)30(40(33,5)6)16-20-43(9)31(41)15-14-27-28-13-12-18-44(28,22-21-42(27,43)8)36(49)45-32-25-29(39(32,3)4)35(48)46-23-10-11-24-46/h27-33H,10-26H2,1-9H3,(H,45,49)(H,50,51)/t27?,28?,29-,30?,31?,32?,33+,41+,42-,43-,44+/m1/s1. The fourth-order valence-electron chi connectivity index (χ4n) is 14.8. The van der Waals surface area contributed by atoms with Crippen molar-refractivity contribution in [2.75, 3.05) is 13.1 Å². The molecule has 5 unspecified atom stereocenters. The molecule has 6 saturated carbocycles. The zero-order valence-corrected chi connectivity index (χ0v) is 34.0. The van der Waals surface area contributed by atoms with Crippen molar-refractivity contribution in [2.24, 2.45) is 67.5 Å². The van der Waals surface area contributed by atoms with E-state index in [1.807, 2.05) is 0 Å². The van der Waals surface area contributed by atoms with Crippen LogP contribution in [0.15, 0.2) is 0 Å². The number of likely N-dealkylation sites (tertiary alicyclic amines) is 1. The number of esters is 1. The van der Waals surface area contributed by atoms with Crippen LogP contribution in [0.2, 0.25) is 0 Å². The van der Waals surface area contributed by atoms with E-state index in [1.54, 1.807) is 13.8 Å². The molecule has 1 saturated heterocycles. The molecule has 8 nitrogen and oxygen atoms in total. The molecule has 7 rings (SSSR count). The van der Waals surface area contributed by atoms with Crippen LogP contribution < -0.4 is 5.32 Å². The first-order valence-electron chi connectivity index (χ1n) is 21.2. The Balaban J connectivity index is 1.06. The van der Waals surface area contributed by atoms with Gasteiger partial charge in [0.05, 0.1) is 17.3 Å². The summed E-state index contributed by atoms with van der Waals surface area (Å²) in [7, 11) is 0. The Kier molecular flexibility index (Phi) is 9.14. The molecule has 292 valence electrons. The minimum atomic E-state index is -1.15. The fraction of sp³-hybridized carbons (Fsp3) is 0.909. The van der Waals surface area contributed by atoms with E-state index in [2.05, 4.69) is 58.7 Å². The number of carboxylic acid groups (broad SMARTS) is 1. The molecular weight excluding hydrogens is 652 g/mol. The van der Waals surface area contributed by atoms with Crippen molar-refractivity contribution < 1.29 is 29.0 Å². The number of rotatable bonds is 7. The van der Waals surface area contributed by atoms with E-state index in [1.165, 1.54) is 12.8 Å². The first-order chi connectivity index (χ1) is 24.1. The van der Waals surface area contributed by atoms with Crippen LogP contribution in [0.1, 0.15) is 159 Å². The third-order valence-corrected chi connectivity index (χ3v) is 18.5. The van der Waals surface area contributed by atoms with Crippen molar-refractivity contribution in [3.05, 3.63) is 0 Å². The van der Waals surface area contributed by atoms with Gasteiger partial charge in [-0.2, -0.15) is 0 Å². The number of nitrogens with zero attached hydrogens (tertiary/aromatic N) is 1. The van der Waals surface area contributed by atoms with Crippen molar-refractivity contribution in [3.8, 4) is 0 Å². The molecule has 2 amide bonds. The average molecular weight is 723 g/mol. The summed E-state index contributed by atoms with van der Waals surface area (Å²) in [4.78, 5) is 54.8. The first kappa shape index (κ1) is 38.2. The van der Waals surface area contributed by atoms with Crippen LogP contribution in [0.25, 0.3) is 0 Å². The topological polar surface area (TPSA) is 113 Å². The van der Waals surface area contributed by atoms with Crippen molar-refractivity contribution in [3.63, 3.8) is 0 Å². The summed E-state index contributed by atoms with van der Waals surface area (Å²) in [6.45, 7) is 21.7. The van der Waals surface area contributed by atoms with Gasteiger partial charge < -0.3 is 20.1 Å². The quantitative estimate of drug-likeness (QED) is 0.255. The van der Waals surface area contributed by atoms with E-state index in [9.17, 15) is 24.3 Å². The highest BCUT2D eigenvalue weighted by Crippen LogP contribution is 2.77. The monoisotopic (exact) mass is 723 g/mol. The lowest BCUT2D eigenvalue weighted by Crippen LogP contribution is -2.68. The average Bonchev–Trinajstić information content (AvgIpc) is 3.75. The minimum absolute atomic E-state index is 0.00493. The second-order valence-corrected chi connectivity index (χ2v) is 21.7. The van der Waals surface area contributed by atoms with E-state index < -0.39 is 17.4 Å². The summed E-state index contributed by atoms with van der Waals surface area (Å²) in [5.74, 6) is 1.16. The number of hydrogen-bond donors (Lipinski definition) is 2. The largest absolute Gasteiger partial charge is 0.481 e. The van der Waals surface area contributed by atoms with Crippen LogP contribution in [-0.2, 0) is 23.9 Å². The normalized spacial score (nSPS) is 44.6. The number of carboxylic acids is 1. The maximum Gasteiger partial charge on any atom is 0.309 e. The van der Waals surface area contributed by atoms with E-state index in [0.717, 1.165) is 90.1 Å². The summed E-state index contributed by atoms with van der Waals surface area (Å²) < 4.78 is 6.17. The fourth-order valence-corrected chi connectivity index (χ4v) is 14.8. The zero-order chi connectivity index (χ0) is 37.9. The third-order valence-electron chi connectivity index (χ3n) is 18.5. The van der Waals surface area contributed by atoms with Crippen LogP contribution in [0.3, 0.4) is 0 Å². The Morgan fingerprint density at radius 1 is 0.750 bits per heavy atom. The summed E-state index contributed by atoms with van der Waals surface area (Å²) in [5.41, 5.74) is -1.37. The summed E-state index contributed by atoms with van der Waals surface area (Å²) in [5, 5.41) is 13.2. The molecule has 52 heavy (non-hydrogen) atoms. The van der Waals surface area contributed by atoms with Crippen molar-refractivity contribution in [2.45, 2.75) is 171 Å². The number of nitrogens with one attached hydrogen (secondary N) is 1. The molecule has 7 aliphatic rings. The highest BCUT2D eigenvalue weighted by molar-refractivity contribution is 5.86. The molecule has 0 radical (unpaired) electrons. The number of aliphatic carboxylic acids is 1. The maximum atomic E-state index is 14.6. The van der Waals surface area contributed by atoms with Gasteiger partial charge in [0.1, 0.15) is 6.10 Å². The Morgan fingerprint density at radius 3 is 2.10 bits per heavy atom. The number of ether oxygens (including phenoxy) is 1. The molecule has 7 fully saturated rings. The van der Waals surface area contributed by atoms with Crippen LogP contribution in [0, 0.1) is 67.5 Å². The molecule has 1 heterocycles. The van der Waals surface area contributed by atoms with E-state index >= 15 is 0 Å². The van der Waals surface area contributed by atoms with Crippen LogP contribution in [0.5, 0.6) is 0 Å². The van der Waals surface area contributed by atoms with Crippen molar-refractivity contribution in [1.29, 1.82) is 0 Å². The summed E-state index contributed by atoms with van der Waals surface area (Å²) in [6, 6.07) is 0.0605. The third kappa shape index (κ3) is 5.38. The number of carbonyl (C=O) groups excluding carboxylic acids is 3. The molecule has 6 aliphatic carbocycles. The molecule has 11 atom stereocenters. The predicted octanol–water partition coefficient (Wildman–Crippen LogP) is 8.41. The molecule has 2 N–H and O–H groups in total. The lowest BCUT2D eigenvalue weighted by molar-refractivity contribution is -0.247. The van der Waals surface area contributed by atoms with E-state index in [4.69, 9.17) is 4.74 Å². The number of fused-ring (bicyclic) bond motifs is 7. The number of carbonyl (C=O) groups is 4. The van der Waals surface area contributed by atoms with Gasteiger partial charge in [-0.15, -0.1) is 0 Å². The Bertz CT molecular complexity index is 1480. The van der Waals surface area contributed by atoms with Gasteiger partial charge in [0.25, 0.3) is 0 Å². The molecule has 1 aliphatic heterocycles. The first-order valence-corrected chi connectivity index (χ1v) is 21.2. The Hall–Kier alpha value is -2.12. The van der Waals surface area contributed by atoms with Gasteiger partial charge in [-0.1, -0.05) is 54.9 Å². The Morgan fingerprint density at radius 2 is 1.44 bits per heavy atom. The molecule has 8 heteroatoms. The van der Waals surface area contributed by atoms with Crippen LogP contribution in [0.4, 0.5) is 0 Å². The smallest absolute Gasteiger partial charge is 0.309 e. The molecule has 0 spiro atoms. The van der Waals surface area contributed by atoms with Gasteiger partial charge >= 0.3 is 11.9 Å². The van der Waals surface area contributed by atoms with Crippen LogP contribution >= 0.6 is 0 Å². The number of hydrogen-bond acceptors (Lipinski definition) is 5. The predicted molar refractivity (Wildman–Crippen MR) is 201 cm³/mol. The van der Waals surface area contributed by atoms with Crippen LogP contribution in [-0.4, -0.2) is 59.0 Å². The second-order valence-electron chi connectivity index (χ2n) is 21.7. The zero-order valence-electron chi connectivity index (χ0n) is 34.0. The molecule has 0 aromatic heterocycles. The molecule has 0 bridgehead atoms. The summed E-state index contributed by atoms with van der Waals surface area (Å²) in [6.07, 6.45) is 14.5. The van der Waals surface area contributed by atoms with Gasteiger partial charge in [-0.05, 0) is 143 Å². The van der Waals surface area contributed by atoms with Crippen molar-refractivity contribution in [1.82, 2.24) is 10.2 Å².